The number of nitrogens with one attached hydrogen (secondary N) is 1. The van der Waals surface area contributed by atoms with Crippen LogP contribution in [-0.4, -0.2) is 50.1 Å². The fraction of sp³-hybridized carbons (Fsp3) is 0.435. The molecular formula is C23H31N3O2. The van der Waals surface area contributed by atoms with Crippen molar-refractivity contribution in [3.8, 4) is 5.75 Å². The van der Waals surface area contributed by atoms with Crippen LogP contribution in [0.15, 0.2) is 42.5 Å². The summed E-state index contributed by atoms with van der Waals surface area (Å²) in [7, 11) is 2.16. The summed E-state index contributed by atoms with van der Waals surface area (Å²) in [6.07, 6.45) is -0.535. The van der Waals surface area contributed by atoms with Gasteiger partial charge >= 0.3 is 0 Å². The molecule has 0 spiro atoms. The van der Waals surface area contributed by atoms with E-state index >= 15 is 0 Å². The Balaban J connectivity index is 1.49. The lowest BCUT2D eigenvalue weighted by molar-refractivity contribution is -0.127. The number of piperazine rings is 1. The lowest BCUT2D eigenvalue weighted by atomic mass is 10.1. The first kappa shape index (κ1) is 20.2. The second kappa shape index (κ2) is 9.11. The number of carbonyl (C=O) groups excluding carboxylic acids is 1. The van der Waals surface area contributed by atoms with Crippen molar-refractivity contribution in [2.75, 3.05) is 38.1 Å². The maximum Gasteiger partial charge on any atom is 0.261 e. The van der Waals surface area contributed by atoms with E-state index in [1.165, 1.54) is 11.3 Å². The highest BCUT2D eigenvalue weighted by Gasteiger charge is 2.16. The van der Waals surface area contributed by atoms with Crippen LogP contribution in [0.2, 0.25) is 0 Å². The van der Waals surface area contributed by atoms with Gasteiger partial charge in [-0.3, -0.25) is 4.79 Å². The third-order valence-electron chi connectivity index (χ3n) is 5.43. The van der Waals surface area contributed by atoms with Crippen LogP contribution < -0.4 is 15.0 Å². The third-order valence-corrected chi connectivity index (χ3v) is 5.43. The summed E-state index contributed by atoms with van der Waals surface area (Å²) < 4.78 is 5.78. The van der Waals surface area contributed by atoms with Crippen molar-refractivity contribution in [1.82, 2.24) is 10.2 Å². The lowest BCUT2D eigenvalue weighted by Crippen LogP contribution is -2.44. The molecule has 0 aliphatic carbocycles. The van der Waals surface area contributed by atoms with Crippen LogP contribution in [0.3, 0.4) is 0 Å². The first-order chi connectivity index (χ1) is 13.4. The first-order valence-electron chi connectivity index (χ1n) is 9.96. The summed E-state index contributed by atoms with van der Waals surface area (Å²) in [5.41, 5.74) is 4.70. The Bertz CT molecular complexity index is 796. The van der Waals surface area contributed by atoms with Crippen LogP contribution >= 0.6 is 0 Å². The normalized spacial score (nSPS) is 15.9. The maximum absolute atomic E-state index is 12.4. The Kier molecular flexibility index (Phi) is 6.57. The number of rotatable bonds is 6. The van der Waals surface area contributed by atoms with E-state index in [0.717, 1.165) is 43.1 Å². The van der Waals surface area contributed by atoms with Crippen molar-refractivity contribution in [3.05, 3.63) is 59.2 Å². The van der Waals surface area contributed by atoms with E-state index in [2.05, 4.69) is 53.4 Å². The SMILES string of the molecule is Cc1ccc(O[C@@H](C)C(=O)NCc2ccc(N3CCN(C)CC3)cc2)cc1C. The molecule has 1 aliphatic heterocycles. The molecular weight excluding hydrogens is 350 g/mol. The minimum Gasteiger partial charge on any atom is -0.481 e. The number of aryl methyl sites for hydroxylation is 2. The van der Waals surface area contributed by atoms with Gasteiger partial charge < -0.3 is 19.9 Å². The zero-order valence-electron chi connectivity index (χ0n) is 17.4. The average molecular weight is 382 g/mol. The maximum atomic E-state index is 12.4. The number of carbonyl (C=O) groups is 1. The molecule has 150 valence electrons. The monoisotopic (exact) mass is 381 g/mol. The highest BCUT2D eigenvalue weighted by atomic mass is 16.5. The van der Waals surface area contributed by atoms with Crippen molar-refractivity contribution < 1.29 is 9.53 Å². The number of benzene rings is 2. The van der Waals surface area contributed by atoms with Gasteiger partial charge in [-0.25, -0.2) is 0 Å². The molecule has 0 saturated carbocycles. The molecule has 0 aromatic heterocycles. The summed E-state index contributed by atoms with van der Waals surface area (Å²) >= 11 is 0. The van der Waals surface area contributed by atoms with Crippen LogP contribution in [0.4, 0.5) is 5.69 Å². The molecule has 0 bridgehead atoms. The predicted octanol–water partition coefficient (Wildman–Crippen LogP) is 3.14. The molecule has 1 N–H and O–H groups in total. The van der Waals surface area contributed by atoms with E-state index in [4.69, 9.17) is 4.74 Å². The van der Waals surface area contributed by atoms with E-state index in [-0.39, 0.29) is 5.91 Å². The number of anilines is 1. The smallest absolute Gasteiger partial charge is 0.261 e. The van der Waals surface area contributed by atoms with Crippen molar-refractivity contribution in [3.63, 3.8) is 0 Å². The summed E-state index contributed by atoms with van der Waals surface area (Å²) in [6.45, 7) is 10.7. The minimum atomic E-state index is -0.535. The summed E-state index contributed by atoms with van der Waals surface area (Å²) in [6, 6.07) is 14.3. The van der Waals surface area contributed by atoms with Crippen molar-refractivity contribution >= 4 is 11.6 Å². The van der Waals surface area contributed by atoms with Gasteiger partial charge in [0, 0.05) is 38.4 Å². The van der Waals surface area contributed by atoms with Crippen molar-refractivity contribution in [1.29, 1.82) is 0 Å². The van der Waals surface area contributed by atoms with Crippen LogP contribution in [-0.2, 0) is 11.3 Å². The van der Waals surface area contributed by atoms with Gasteiger partial charge in [0.05, 0.1) is 0 Å². The second-order valence-corrected chi connectivity index (χ2v) is 7.68. The van der Waals surface area contributed by atoms with Gasteiger partial charge in [-0.1, -0.05) is 18.2 Å². The number of amides is 1. The molecule has 1 fully saturated rings. The summed E-state index contributed by atoms with van der Waals surface area (Å²) in [5, 5.41) is 2.97. The highest BCUT2D eigenvalue weighted by Crippen LogP contribution is 2.19. The molecule has 1 heterocycles. The molecule has 5 heteroatoms. The Labute approximate surface area is 168 Å². The highest BCUT2D eigenvalue weighted by molar-refractivity contribution is 5.80. The van der Waals surface area contributed by atoms with Crippen molar-refractivity contribution in [2.45, 2.75) is 33.4 Å². The van der Waals surface area contributed by atoms with Crippen molar-refractivity contribution in [2.24, 2.45) is 0 Å². The van der Waals surface area contributed by atoms with E-state index in [9.17, 15) is 4.79 Å². The topological polar surface area (TPSA) is 44.8 Å². The van der Waals surface area contributed by atoms with Gasteiger partial charge in [0.25, 0.3) is 5.91 Å². The largest absolute Gasteiger partial charge is 0.481 e. The number of nitrogens with zero attached hydrogens (tertiary/aromatic N) is 2. The standard InChI is InChI=1S/C23H31N3O2/c1-17-5-10-22(15-18(17)2)28-19(3)23(27)24-16-20-6-8-21(9-7-20)26-13-11-25(4)12-14-26/h5-10,15,19H,11-14,16H2,1-4H3,(H,24,27)/t19-/m0/s1. The molecule has 2 aromatic carbocycles. The molecule has 1 amide bonds. The molecule has 0 unspecified atom stereocenters. The molecule has 1 atom stereocenters. The van der Waals surface area contributed by atoms with Crippen LogP contribution in [0.1, 0.15) is 23.6 Å². The van der Waals surface area contributed by atoms with Gasteiger partial charge in [0.1, 0.15) is 5.75 Å². The fourth-order valence-corrected chi connectivity index (χ4v) is 3.27. The molecule has 2 aromatic rings. The number of likely N-dealkylation sites (N-methyl/N-ethyl adjacent to an activating group) is 1. The molecule has 0 radical (unpaired) electrons. The van der Waals surface area contributed by atoms with Crippen LogP contribution in [0, 0.1) is 13.8 Å². The van der Waals surface area contributed by atoms with E-state index in [1.54, 1.807) is 6.92 Å². The zero-order valence-corrected chi connectivity index (χ0v) is 17.4. The first-order valence-corrected chi connectivity index (χ1v) is 9.96. The van der Waals surface area contributed by atoms with Gasteiger partial charge in [-0.2, -0.15) is 0 Å². The predicted molar refractivity (Wildman–Crippen MR) is 114 cm³/mol. The Morgan fingerprint density at radius 3 is 2.36 bits per heavy atom. The fourth-order valence-electron chi connectivity index (χ4n) is 3.27. The summed E-state index contributed by atoms with van der Waals surface area (Å²) in [5.74, 6) is 0.614. The molecule has 1 aliphatic rings. The van der Waals surface area contributed by atoms with E-state index in [0.29, 0.717) is 6.54 Å². The lowest BCUT2D eigenvalue weighted by Gasteiger charge is -2.34. The molecule has 1 saturated heterocycles. The van der Waals surface area contributed by atoms with Gasteiger partial charge in [0.2, 0.25) is 0 Å². The third kappa shape index (κ3) is 5.26. The molecule has 5 nitrogen and oxygen atoms in total. The molecule has 3 rings (SSSR count). The van der Waals surface area contributed by atoms with Crippen LogP contribution in [0.25, 0.3) is 0 Å². The van der Waals surface area contributed by atoms with Gasteiger partial charge in [-0.15, -0.1) is 0 Å². The van der Waals surface area contributed by atoms with E-state index in [1.807, 2.05) is 25.1 Å². The summed E-state index contributed by atoms with van der Waals surface area (Å²) in [4.78, 5) is 17.1. The van der Waals surface area contributed by atoms with Gasteiger partial charge in [-0.05, 0) is 68.8 Å². The quantitative estimate of drug-likeness (QED) is 0.835. The second-order valence-electron chi connectivity index (χ2n) is 7.68. The van der Waals surface area contributed by atoms with E-state index < -0.39 is 6.10 Å². The Morgan fingerprint density at radius 2 is 1.71 bits per heavy atom. The molecule has 28 heavy (non-hydrogen) atoms. The van der Waals surface area contributed by atoms with Gasteiger partial charge in [0.15, 0.2) is 6.10 Å². The number of hydrogen-bond donors (Lipinski definition) is 1. The van der Waals surface area contributed by atoms with Crippen LogP contribution in [0.5, 0.6) is 5.75 Å². The Morgan fingerprint density at radius 1 is 1.04 bits per heavy atom. The zero-order chi connectivity index (χ0) is 20.1. The number of hydrogen-bond acceptors (Lipinski definition) is 4. The Hall–Kier alpha value is -2.53. The minimum absolute atomic E-state index is 0.110. The average Bonchev–Trinajstić information content (AvgIpc) is 2.70. The number of ether oxygens (including phenoxy) is 1.